The number of rotatable bonds is 6. The topological polar surface area (TPSA) is 121 Å². The van der Waals surface area contributed by atoms with Crippen LogP contribution in [-0.2, 0) is 9.53 Å². The van der Waals surface area contributed by atoms with Crippen LogP contribution in [0.4, 0.5) is 32.1 Å². The van der Waals surface area contributed by atoms with Crippen LogP contribution in [0.2, 0.25) is 0 Å². The predicted molar refractivity (Wildman–Crippen MR) is 165 cm³/mol. The normalized spacial score (nSPS) is 13.0. The van der Waals surface area contributed by atoms with Crippen LogP contribution in [0.5, 0.6) is 0 Å². The number of urea groups is 1. The largest absolute Gasteiger partial charge is 0.378 e. The summed E-state index contributed by atoms with van der Waals surface area (Å²) in [5.74, 6) is 0.392. The molecule has 216 valence electrons. The summed E-state index contributed by atoms with van der Waals surface area (Å²) >= 11 is 0. The summed E-state index contributed by atoms with van der Waals surface area (Å²) in [6.07, 6.45) is 1.76. The van der Waals surface area contributed by atoms with Gasteiger partial charge < -0.3 is 25.6 Å². The third-order valence-electron chi connectivity index (χ3n) is 6.89. The summed E-state index contributed by atoms with van der Waals surface area (Å²) in [7, 11) is 0. The Morgan fingerprint density at radius 2 is 1.60 bits per heavy atom. The number of aromatic nitrogens is 3. The van der Waals surface area contributed by atoms with E-state index in [1.165, 1.54) is 19.1 Å². The SMILES string of the molecule is CC(=O)Nc1ccc(NC(=O)Nc2ccc(-c3nc(N4CCOCC4)c4ccc(-c5ccccn5)cc4n3)cc2)c(F)c1. The van der Waals surface area contributed by atoms with Gasteiger partial charge in [-0.2, -0.15) is 0 Å². The van der Waals surface area contributed by atoms with Crippen LogP contribution in [-0.4, -0.2) is 53.2 Å². The second-order valence-electron chi connectivity index (χ2n) is 9.95. The number of hydrogen-bond donors (Lipinski definition) is 3. The van der Waals surface area contributed by atoms with E-state index in [9.17, 15) is 14.0 Å². The summed E-state index contributed by atoms with van der Waals surface area (Å²) in [6, 6.07) is 22.4. The van der Waals surface area contributed by atoms with Crippen LogP contribution in [0.15, 0.2) is 85.1 Å². The number of amides is 3. The Balaban J connectivity index is 1.25. The molecule has 1 saturated heterocycles. The zero-order chi connectivity index (χ0) is 29.8. The van der Waals surface area contributed by atoms with Crippen molar-refractivity contribution in [2.45, 2.75) is 6.92 Å². The van der Waals surface area contributed by atoms with Crippen LogP contribution in [0.3, 0.4) is 0 Å². The van der Waals surface area contributed by atoms with Crippen molar-refractivity contribution in [1.82, 2.24) is 15.0 Å². The maximum absolute atomic E-state index is 14.4. The number of anilines is 4. The molecule has 0 aliphatic carbocycles. The number of carbonyl (C=O) groups excluding carboxylic acids is 2. The van der Waals surface area contributed by atoms with E-state index in [0.717, 1.165) is 52.7 Å². The minimum absolute atomic E-state index is 0.0199. The highest BCUT2D eigenvalue weighted by Crippen LogP contribution is 2.31. The molecule has 1 fully saturated rings. The number of halogens is 1. The number of carbonyl (C=O) groups is 2. The molecule has 11 heteroatoms. The van der Waals surface area contributed by atoms with Gasteiger partial charge in [0.05, 0.1) is 30.1 Å². The van der Waals surface area contributed by atoms with Gasteiger partial charge in [0.1, 0.15) is 11.6 Å². The van der Waals surface area contributed by atoms with E-state index < -0.39 is 11.8 Å². The van der Waals surface area contributed by atoms with E-state index in [1.807, 2.05) is 48.5 Å². The highest BCUT2D eigenvalue weighted by atomic mass is 19.1. The maximum Gasteiger partial charge on any atom is 0.323 e. The lowest BCUT2D eigenvalue weighted by atomic mass is 10.1. The van der Waals surface area contributed by atoms with E-state index >= 15 is 0 Å². The molecule has 3 aromatic carbocycles. The molecule has 2 aromatic heterocycles. The minimum atomic E-state index is -0.674. The number of nitrogens with zero attached hydrogens (tertiary/aromatic N) is 4. The number of pyridine rings is 1. The zero-order valence-electron chi connectivity index (χ0n) is 23.3. The Morgan fingerprint density at radius 1 is 0.837 bits per heavy atom. The third-order valence-corrected chi connectivity index (χ3v) is 6.89. The molecule has 5 aromatic rings. The summed E-state index contributed by atoms with van der Waals surface area (Å²) < 4.78 is 20.0. The highest BCUT2D eigenvalue weighted by molar-refractivity contribution is 6.00. The molecule has 0 radical (unpaired) electrons. The lowest BCUT2D eigenvalue weighted by Crippen LogP contribution is -2.37. The van der Waals surface area contributed by atoms with Gasteiger partial charge in [-0.25, -0.2) is 19.2 Å². The van der Waals surface area contributed by atoms with E-state index in [4.69, 9.17) is 14.7 Å². The van der Waals surface area contributed by atoms with E-state index in [-0.39, 0.29) is 11.6 Å². The molecule has 0 unspecified atom stereocenters. The Labute approximate surface area is 247 Å². The summed E-state index contributed by atoms with van der Waals surface area (Å²) in [4.78, 5) is 40.3. The smallest absolute Gasteiger partial charge is 0.323 e. The molecular formula is C32H28FN7O3. The molecule has 1 aliphatic heterocycles. The van der Waals surface area contributed by atoms with Crippen LogP contribution < -0.4 is 20.9 Å². The van der Waals surface area contributed by atoms with Gasteiger partial charge >= 0.3 is 6.03 Å². The summed E-state index contributed by atoms with van der Waals surface area (Å²) in [5.41, 5.74) is 4.16. The van der Waals surface area contributed by atoms with Crippen molar-refractivity contribution in [1.29, 1.82) is 0 Å². The quantitative estimate of drug-likeness (QED) is 0.228. The average molecular weight is 578 g/mol. The summed E-state index contributed by atoms with van der Waals surface area (Å²) in [5, 5.41) is 8.63. The fraction of sp³-hybridized carbons (Fsp3) is 0.156. The molecular weight excluding hydrogens is 549 g/mol. The number of hydrogen-bond acceptors (Lipinski definition) is 7. The van der Waals surface area contributed by atoms with Gasteiger partial charge in [0.2, 0.25) is 5.91 Å². The number of nitrogens with one attached hydrogen (secondary N) is 3. The van der Waals surface area contributed by atoms with E-state index in [1.54, 1.807) is 18.3 Å². The van der Waals surface area contributed by atoms with Gasteiger partial charge in [0, 0.05) is 54.1 Å². The van der Waals surface area contributed by atoms with Gasteiger partial charge in [-0.3, -0.25) is 9.78 Å². The first-order valence-corrected chi connectivity index (χ1v) is 13.7. The maximum atomic E-state index is 14.4. The highest BCUT2D eigenvalue weighted by Gasteiger charge is 2.19. The first-order valence-electron chi connectivity index (χ1n) is 13.7. The first kappa shape index (κ1) is 27.7. The van der Waals surface area contributed by atoms with E-state index in [0.29, 0.717) is 30.4 Å². The average Bonchev–Trinajstić information content (AvgIpc) is 3.02. The van der Waals surface area contributed by atoms with Crippen LogP contribution in [0, 0.1) is 5.82 Å². The number of ether oxygens (including phenoxy) is 1. The van der Waals surface area contributed by atoms with Crippen molar-refractivity contribution >= 4 is 45.7 Å². The zero-order valence-corrected chi connectivity index (χ0v) is 23.3. The Bertz CT molecular complexity index is 1790. The molecule has 3 heterocycles. The van der Waals surface area contributed by atoms with Crippen molar-refractivity contribution in [3.63, 3.8) is 0 Å². The van der Waals surface area contributed by atoms with Crippen molar-refractivity contribution in [2.24, 2.45) is 0 Å². The second kappa shape index (κ2) is 12.2. The minimum Gasteiger partial charge on any atom is -0.378 e. The fourth-order valence-corrected chi connectivity index (χ4v) is 4.84. The number of fused-ring (bicyclic) bond motifs is 1. The van der Waals surface area contributed by atoms with Crippen molar-refractivity contribution in [2.75, 3.05) is 47.2 Å². The molecule has 6 rings (SSSR count). The lowest BCUT2D eigenvalue weighted by molar-refractivity contribution is -0.114. The Hall–Kier alpha value is -5.42. The van der Waals surface area contributed by atoms with Gasteiger partial charge in [0.25, 0.3) is 0 Å². The molecule has 0 saturated carbocycles. The van der Waals surface area contributed by atoms with Gasteiger partial charge in [-0.05, 0) is 66.7 Å². The van der Waals surface area contributed by atoms with Crippen molar-refractivity contribution in [3.05, 3.63) is 90.9 Å². The standard InChI is InChI=1S/C32H28FN7O3/c1-20(41)35-24-10-12-28(26(33)19-24)38-32(42)36-23-8-5-21(6-9-23)30-37-29-18-22(27-4-2-3-13-34-27)7-11-25(29)31(39-30)40-14-16-43-17-15-40/h2-13,18-19H,14-17H2,1H3,(H,35,41)(H2,36,38,42). The van der Waals surface area contributed by atoms with Crippen molar-refractivity contribution in [3.8, 4) is 22.6 Å². The van der Waals surface area contributed by atoms with Gasteiger partial charge in [0.15, 0.2) is 5.82 Å². The van der Waals surface area contributed by atoms with Gasteiger partial charge in [-0.15, -0.1) is 0 Å². The molecule has 43 heavy (non-hydrogen) atoms. The molecule has 3 amide bonds. The molecule has 0 bridgehead atoms. The molecule has 0 spiro atoms. The van der Waals surface area contributed by atoms with Crippen molar-refractivity contribution < 1.29 is 18.7 Å². The summed E-state index contributed by atoms with van der Waals surface area (Å²) in [6.45, 7) is 4.03. The van der Waals surface area contributed by atoms with Crippen LogP contribution in [0.1, 0.15) is 6.92 Å². The number of morpholine rings is 1. The second-order valence-corrected chi connectivity index (χ2v) is 9.95. The Morgan fingerprint density at radius 3 is 2.33 bits per heavy atom. The molecule has 10 nitrogen and oxygen atoms in total. The molecule has 1 aliphatic rings. The van der Waals surface area contributed by atoms with E-state index in [2.05, 4.69) is 25.8 Å². The fourth-order valence-electron chi connectivity index (χ4n) is 4.84. The lowest BCUT2D eigenvalue weighted by Gasteiger charge is -2.29. The Kier molecular flexibility index (Phi) is 7.88. The first-order chi connectivity index (χ1) is 20.9. The third kappa shape index (κ3) is 6.41. The van der Waals surface area contributed by atoms with Crippen LogP contribution >= 0.6 is 0 Å². The molecule has 3 N–H and O–H groups in total. The molecule has 0 atom stereocenters. The van der Waals surface area contributed by atoms with Gasteiger partial charge in [-0.1, -0.05) is 12.1 Å². The monoisotopic (exact) mass is 577 g/mol. The predicted octanol–water partition coefficient (Wildman–Crippen LogP) is 5.94. The number of benzene rings is 3. The van der Waals surface area contributed by atoms with Crippen LogP contribution in [0.25, 0.3) is 33.5 Å².